The Morgan fingerprint density at radius 3 is 0.966 bits per heavy atom. The fourth-order valence-corrected chi connectivity index (χ4v) is 5.51. The molecule has 0 saturated carbocycles. The maximum absolute atomic E-state index is 5.40. The van der Waals surface area contributed by atoms with Crippen LogP contribution >= 0.6 is 0 Å². The maximum Gasteiger partial charge on any atom is -0.0231 e. The monoisotopic (exact) mass is 408 g/mol. The average Bonchev–Trinajstić information content (AvgIpc) is 2.60. The third-order valence-electron chi connectivity index (χ3n) is 5.46. The first kappa shape index (κ1) is 23.5. The Balaban J connectivity index is 2.50. The Morgan fingerprint density at radius 2 is 0.759 bits per heavy atom. The molecule has 0 aliphatic rings. The molecule has 0 saturated heterocycles. The van der Waals surface area contributed by atoms with Gasteiger partial charge in [0, 0.05) is 0 Å². The van der Waals surface area contributed by atoms with Gasteiger partial charge in [-0.3, -0.25) is 0 Å². The summed E-state index contributed by atoms with van der Waals surface area (Å²) >= 11 is 0. The zero-order valence-corrected chi connectivity index (χ0v) is 21.2. The summed E-state index contributed by atoms with van der Waals surface area (Å²) in [6.07, 6.45) is 0. The predicted molar refractivity (Wildman–Crippen MR) is 133 cm³/mol. The molecule has 0 aliphatic carbocycles. The lowest BCUT2D eigenvalue weighted by molar-refractivity contribution is 0.840. The molecule has 0 amide bonds. The van der Waals surface area contributed by atoms with Crippen LogP contribution in [0.1, 0.15) is 101 Å². The minimum Gasteiger partial charge on any atom is -0.699 e. The Kier molecular flexibility index (Phi) is 7.61. The molecule has 0 atom stereocenters. The van der Waals surface area contributed by atoms with Crippen molar-refractivity contribution in [3.05, 3.63) is 68.6 Å². The van der Waals surface area contributed by atoms with Crippen molar-refractivity contribution in [2.45, 2.75) is 92.2 Å². The van der Waals surface area contributed by atoms with E-state index in [9.17, 15) is 0 Å². The van der Waals surface area contributed by atoms with Crippen molar-refractivity contribution in [1.82, 2.24) is 0 Å². The van der Waals surface area contributed by atoms with Crippen molar-refractivity contribution in [3.8, 4) is 0 Å². The third-order valence-corrected chi connectivity index (χ3v) is 7.00. The normalized spacial score (nSPS) is 12.3. The Morgan fingerprint density at radius 1 is 0.517 bits per heavy atom. The van der Waals surface area contributed by atoms with Gasteiger partial charge in [0.25, 0.3) is 0 Å². The van der Waals surface area contributed by atoms with E-state index in [-0.39, 0.29) is 0 Å². The van der Waals surface area contributed by atoms with Gasteiger partial charge in [-0.15, -0.1) is 32.9 Å². The molecule has 0 aromatic heterocycles. The second-order valence-corrected chi connectivity index (χ2v) is 13.3. The highest BCUT2D eigenvalue weighted by Crippen LogP contribution is 2.46. The second-order valence-electron chi connectivity index (χ2n) is 9.91. The molecule has 160 valence electrons. The lowest BCUT2D eigenvalue weighted by Gasteiger charge is -2.57. The van der Waals surface area contributed by atoms with Crippen LogP contribution in [-0.4, -0.2) is 8.40 Å². The molecule has 0 unspecified atom stereocenters. The van der Waals surface area contributed by atoms with E-state index < -0.39 is 8.40 Å². The van der Waals surface area contributed by atoms with Crippen molar-refractivity contribution < 1.29 is 0 Å². The van der Waals surface area contributed by atoms with Gasteiger partial charge >= 0.3 is 0 Å². The van der Waals surface area contributed by atoms with Gasteiger partial charge in [-0.2, -0.15) is 0 Å². The number of hydrogen-bond donors (Lipinski definition) is 0. The van der Waals surface area contributed by atoms with Crippen LogP contribution in [0.25, 0.3) is 9.96 Å². The summed E-state index contributed by atoms with van der Waals surface area (Å²) in [6, 6.07) is 13.3. The van der Waals surface area contributed by atoms with Crippen LogP contribution in [0.4, 0.5) is 11.4 Å². The molecule has 2 nitrogen and oxygen atoms in total. The van der Waals surface area contributed by atoms with Crippen LogP contribution in [0, 0.1) is 0 Å². The third kappa shape index (κ3) is 5.66. The Bertz CT molecular complexity index is 699. The molecule has 2 rings (SSSR count). The molecule has 3 heteroatoms. The van der Waals surface area contributed by atoms with E-state index in [4.69, 9.17) is 9.96 Å². The van der Waals surface area contributed by atoms with Crippen molar-refractivity contribution in [2.75, 3.05) is 0 Å². The summed E-state index contributed by atoms with van der Waals surface area (Å²) in [6.45, 7) is 22.6. The minimum atomic E-state index is -2.24. The van der Waals surface area contributed by atoms with Gasteiger partial charge in [-0.25, -0.2) is 0 Å². The molecule has 2 aromatic rings. The summed E-state index contributed by atoms with van der Waals surface area (Å²) < 4.78 is 0. The first-order valence-electron chi connectivity index (χ1n) is 11.2. The molecule has 0 spiro atoms. The average molecular weight is 409 g/mol. The van der Waals surface area contributed by atoms with Crippen LogP contribution in [0.5, 0.6) is 0 Å². The summed E-state index contributed by atoms with van der Waals surface area (Å²) in [5.41, 5.74) is 7.74. The number of benzene rings is 2. The SMILES string of the molecule is CC(C)c1cccc(C(C)C)c1[N-][Si](C)(C)[N-]c1c(C(C)C)cccc1C(C)C. The van der Waals surface area contributed by atoms with Gasteiger partial charge in [0.1, 0.15) is 0 Å². The van der Waals surface area contributed by atoms with E-state index in [1.807, 2.05) is 0 Å². The summed E-state index contributed by atoms with van der Waals surface area (Å²) in [5, 5.41) is 0. The topological polar surface area (TPSA) is 28.2 Å². The summed E-state index contributed by atoms with van der Waals surface area (Å²) in [4.78, 5) is 10.8. The zero-order chi connectivity index (χ0) is 21.9. The molecule has 0 aliphatic heterocycles. The highest BCUT2D eigenvalue weighted by molar-refractivity contribution is 6.88. The van der Waals surface area contributed by atoms with Crippen LogP contribution < -0.4 is 0 Å². The quantitative estimate of drug-likeness (QED) is 0.389. The fourth-order valence-electron chi connectivity index (χ4n) is 3.85. The first-order chi connectivity index (χ1) is 13.4. The zero-order valence-electron chi connectivity index (χ0n) is 20.2. The van der Waals surface area contributed by atoms with Crippen molar-refractivity contribution in [3.63, 3.8) is 0 Å². The van der Waals surface area contributed by atoms with Crippen LogP contribution in [-0.2, 0) is 0 Å². The molecule has 0 fully saturated rings. The van der Waals surface area contributed by atoms with Crippen molar-refractivity contribution in [2.24, 2.45) is 0 Å². The highest BCUT2D eigenvalue weighted by Gasteiger charge is 2.13. The van der Waals surface area contributed by atoms with E-state index in [2.05, 4.69) is 105 Å². The fraction of sp³-hybridized carbons (Fsp3) is 0.538. The molecular formula is C26H40N2Si-2. The lowest BCUT2D eigenvalue weighted by atomic mass is 9.93. The summed E-state index contributed by atoms with van der Waals surface area (Å²) in [7, 11) is -2.24. The molecule has 0 bridgehead atoms. The van der Waals surface area contributed by atoms with Crippen molar-refractivity contribution >= 4 is 19.8 Å². The van der Waals surface area contributed by atoms with Gasteiger partial charge in [-0.1, -0.05) is 114 Å². The number of nitrogens with zero attached hydrogens (tertiary/aromatic N) is 2. The van der Waals surface area contributed by atoms with Crippen LogP contribution in [0.3, 0.4) is 0 Å². The molecule has 0 heterocycles. The standard InChI is InChI=1S/C26H40N2Si/c1-17(2)21-13-11-14-22(18(3)4)25(21)27-29(9,10)28-26-23(19(5)6)15-12-16-24(26)20(7)8/h11-20H,1-10H3/q-2. The van der Waals surface area contributed by atoms with E-state index in [0.717, 1.165) is 0 Å². The number of hydrogen-bond acceptors (Lipinski definition) is 0. The van der Waals surface area contributed by atoms with Crippen LogP contribution in [0.15, 0.2) is 36.4 Å². The highest BCUT2D eigenvalue weighted by atomic mass is 28.3. The molecular weight excluding hydrogens is 368 g/mol. The van der Waals surface area contributed by atoms with Gasteiger partial charge in [0.2, 0.25) is 0 Å². The molecule has 29 heavy (non-hydrogen) atoms. The van der Waals surface area contributed by atoms with E-state index >= 15 is 0 Å². The summed E-state index contributed by atoms with van der Waals surface area (Å²) in [5.74, 6) is 1.80. The van der Waals surface area contributed by atoms with Crippen molar-refractivity contribution in [1.29, 1.82) is 0 Å². The number of rotatable bonds is 8. The molecule has 0 N–H and O–H groups in total. The lowest BCUT2D eigenvalue weighted by Crippen LogP contribution is -2.23. The van der Waals surface area contributed by atoms with E-state index in [1.54, 1.807) is 0 Å². The molecule has 0 radical (unpaired) electrons. The molecule has 2 aromatic carbocycles. The largest absolute Gasteiger partial charge is 0.699 e. The minimum absolute atomic E-state index is 0.450. The van der Waals surface area contributed by atoms with Crippen LogP contribution in [0.2, 0.25) is 13.1 Å². The second kappa shape index (κ2) is 9.38. The maximum atomic E-state index is 5.40. The van der Waals surface area contributed by atoms with Gasteiger partial charge in [-0.05, 0) is 23.7 Å². The Hall–Kier alpha value is -1.74. The first-order valence-corrected chi connectivity index (χ1v) is 14.1. The van der Waals surface area contributed by atoms with Gasteiger partial charge in [0.15, 0.2) is 0 Å². The van der Waals surface area contributed by atoms with E-state index in [0.29, 0.717) is 23.7 Å². The predicted octanol–water partition coefficient (Wildman–Crippen LogP) is 9.59. The van der Waals surface area contributed by atoms with Gasteiger partial charge in [0.05, 0.1) is 0 Å². The Labute approximate surface area is 180 Å². The van der Waals surface area contributed by atoms with E-state index in [1.165, 1.54) is 33.6 Å². The van der Waals surface area contributed by atoms with Gasteiger partial charge < -0.3 is 9.96 Å². The smallest absolute Gasteiger partial charge is 0.0231 e.